The summed E-state index contributed by atoms with van der Waals surface area (Å²) in [6.45, 7) is 1.28. The minimum absolute atomic E-state index is 0.0509. The molecule has 1 fully saturated rings. The maximum absolute atomic E-state index is 13.1. The van der Waals surface area contributed by atoms with Gasteiger partial charge in [0.1, 0.15) is 5.82 Å². The van der Waals surface area contributed by atoms with Gasteiger partial charge in [-0.1, -0.05) is 30.3 Å². The Labute approximate surface area is 181 Å². The van der Waals surface area contributed by atoms with E-state index < -0.39 is 0 Å². The molecular formula is C25H26FN3O2. The van der Waals surface area contributed by atoms with Crippen LogP contribution >= 0.6 is 0 Å². The molecule has 6 heteroatoms. The van der Waals surface area contributed by atoms with Crippen molar-refractivity contribution in [2.75, 3.05) is 27.2 Å². The summed E-state index contributed by atoms with van der Waals surface area (Å²) >= 11 is 0. The van der Waals surface area contributed by atoms with Crippen molar-refractivity contribution in [3.63, 3.8) is 0 Å². The van der Waals surface area contributed by atoms with Crippen molar-refractivity contribution in [3.8, 4) is 0 Å². The second kappa shape index (κ2) is 8.84. The molecule has 1 saturated heterocycles. The molecule has 0 saturated carbocycles. The number of halogens is 1. The van der Waals surface area contributed by atoms with Gasteiger partial charge < -0.3 is 9.80 Å². The van der Waals surface area contributed by atoms with Gasteiger partial charge in [-0.25, -0.2) is 4.39 Å². The zero-order valence-corrected chi connectivity index (χ0v) is 17.8. The summed E-state index contributed by atoms with van der Waals surface area (Å²) in [5.41, 5.74) is 3.25. The van der Waals surface area contributed by atoms with Crippen molar-refractivity contribution >= 4 is 22.7 Å². The first-order valence-electron chi connectivity index (χ1n) is 10.6. The maximum Gasteiger partial charge on any atom is 0.254 e. The number of hydrogen-bond acceptors (Lipinski definition) is 3. The average molecular weight is 420 g/mol. The zero-order valence-electron chi connectivity index (χ0n) is 17.8. The van der Waals surface area contributed by atoms with Gasteiger partial charge >= 0.3 is 0 Å². The summed E-state index contributed by atoms with van der Waals surface area (Å²) in [5.74, 6) is -0.122. The van der Waals surface area contributed by atoms with Crippen LogP contribution in [0.25, 0.3) is 10.9 Å². The van der Waals surface area contributed by atoms with E-state index in [-0.39, 0.29) is 23.5 Å². The lowest BCUT2D eigenvalue weighted by atomic mass is 9.99. The largest absolute Gasteiger partial charge is 0.345 e. The van der Waals surface area contributed by atoms with Crippen molar-refractivity contribution < 1.29 is 14.0 Å². The fourth-order valence-corrected chi connectivity index (χ4v) is 4.11. The average Bonchev–Trinajstić information content (AvgIpc) is 3.27. The van der Waals surface area contributed by atoms with Crippen molar-refractivity contribution in [1.29, 1.82) is 0 Å². The Morgan fingerprint density at radius 2 is 1.87 bits per heavy atom. The van der Waals surface area contributed by atoms with Crippen LogP contribution in [0.4, 0.5) is 4.39 Å². The lowest BCUT2D eigenvalue weighted by Crippen LogP contribution is -2.28. The molecule has 160 valence electrons. The third-order valence-corrected chi connectivity index (χ3v) is 5.87. The smallest absolute Gasteiger partial charge is 0.254 e. The third kappa shape index (κ3) is 4.58. The Bertz CT molecular complexity index is 1110. The summed E-state index contributed by atoms with van der Waals surface area (Å²) in [6.07, 6.45) is 1.81. The fraction of sp³-hybridized carbons (Fsp3) is 0.320. The molecule has 5 nitrogen and oxygen atoms in total. The summed E-state index contributed by atoms with van der Waals surface area (Å²) in [6, 6.07) is 15.8. The maximum atomic E-state index is 13.1. The van der Waals surface area contributed by atoms with Gasteiger partial charge in [0.2, 0.25) is 5.91 Å². The van der Waals surface area contributed by atoms with E-state index in [4.69, 9.17) is 4.98 Å². The number of amides is 2. The third-order valence-electron chi connectivity index (χ3n) is 5.87. The molecule has 3 aromatic rings. The molecule has 1 atom stereocenters. The highest BCUT2D eigenvalue weighted by molar-refractivity contribution is 6.06. The highest BCUT2D eigenvalue weighted by Gasteiger charge is 2.29. The van der Waals surface area contributed by atoms with Gasteiger partial charge in [-0.3, -0.25) is 14.6 Å². The zero-order chi connectivity index (χ0) is 22.0. The number of benzene rings is 2. The van der Waals surface area contributed by atoms with Crippen LogP contribution in [-0.2, 0) is 11.2 Å². The van der Waals surface area contributed by atoms with Crippen LogP contribution in [-0.4, -0.2) is 53.8 Å². The van der Waals surface area contributed by atoms with Crippen LogP contribution in [0.1, 0.15) is 40.4 Å². The van der Waals surface area contributed by atoms with Gasteiger partial charge in [-0.05, 0) is 42.7 Å². The number of likely N-dealkylation sites (tertiary alicyclic amines) is 1. The number of aryl methyl sites for hydroxylation is 1. The van der Waals surface area contributed by atoms with Gasteiger partial charge in [0, 0.05) is 50.6 Å². The number of carbonyl (C=O) groups excluding carboxylic acids is 2. The van der Waals surface area contributed by atoms with Gasteiger partial charge in [0.05, 0.1) is 11.1 Å². The van der Waals surface area contributed by atoms with Gasteiger partial charge in [0.25, 0.3) is 5.91 Å². The second-order valence-electron chi connectivity index (χ2n) is 8.26. The molecule has 1 aromatic heterocycles. The summed E-state index contributed by atoms with van der Waals surface area (Å²) in [7, 11) is 3.49. The molecule has 2 heterocycles. The molecule has 0 aliphatic carbocycles. The SMILES string of the molecule is CN(C)C(=O)c1cc([C@@H]2CCN(C(=O)CCc3ccc(F)cc3)C2)nc2ccccc12. The molecule has 0 spiro atoms. The van der Waals surface area contributed by atoms with E-state index in [2.05, 4.69) is 0 Å². The molecule has 1 aliphatic heterocycles. The van der Waals surface area contributed by atoms with Crippen LogP contribution in [0.15, 0.2) is 54.6 Å². The number of pyridine rings is 1. The molecule has 0 bridgehead atoms. The van der Waals surface area contributed by atoms with Crippen LogP contribution in [0.3, 0.4) is 0 Å². The Hall–Kier alpha value is -3.28. The lowest BCUT2D eigenvalue weighted by molar-refractivity contribution is -0.130. The molecule has 0 unspecified atom stereocenters. The highest BCUT2D eigenvalue weighted by atomic mass is 19.1. The standard InChI is InChI=1S/C25H26FN3O2/c1-28(2)25(31)21-15-23(27-22-6-4-3-5-20(21)22)18-13-14-29(16-18)24(30)12-9-17-7-10-19(26)11-8-17/h3-8,10-11,15,18H,9,12-14,16H2,1-2H3/t18-/m1/s1. The predicted octanol–water partition coefficient (Wildman–Crippen LogP) is 4.02. The number of carbonyl (C=O) groups is 2. The first-order valence-corrected chi connectivity index (χ1v) is 10.6. The van der Waals surface area contributed by atoms with E-state index in [1.807, 2.05) is 35.2 Å². The van der Waals surface area contributed by atoms with Crippen LogP contribution < -0.4 is 0 Å². The number of rotatable bonds is 5. The van der Waals surface area contributed by atoms with Crippen molar-refractivity contribution in [3.05, 3.63) is 77.2 Å². The topological polar surface area (TPSA) is 53.5 Å². The molecule has 2 amide bonds. The molecule has 31 heavy (non-hydrogen) atoms. The van der Waals surface area contributed by atoms with E-state index >= 15 is 0 Å². The summed E-state index contributed by atoms with van der Waals surface area (Å²) in [5, 5.41) is 0.843. The van der Waals surface area contributed by atoms with Gasteiger partial charge in [-0.2, -0.15) is 0 Å². The number of nitrogens with zero attached hydrogens (tertiary/aromatic N) is 3. The molecule has 1 aliphatic rings. The molecule has 2 aromatic carbocycles. The van der Waals surface area contributed by atoms with E-state index in [0.717, 1.165) is 28.6 Å². The molecular weight excluding hydrogens is 393 g/mol. The number of aromatic nitrogens is 1. The van der Waals surface area contributed by atoms with Crippen molar-refractivity contribution in [2.45, 2.75) is 25.2 Å². The lowest BCUT2D eigenvalue weighted by Gasteiger charge is -2.18. The Morgan fingerprint density at radius 1 is 1.13 bits per heavy atom. The van der Waals surface area contributed by atoms with Crippen LogP contribution in [0.5, 0.6) is 0 Å². The normalized spacial score (nSPS) is 16.0. The van der Waals surface area contributed by atoms with E-state index in [9.17, 15) is 14.0 Å². The molecule has 4 rings (SSSR count). The van der Waals surface area contributed by atoms with E-state index in [1.165, 1.54) is 12.1 Å². The number of para-hydroxylation sites is 1. The van der Waals surface area contributed by atoms with Crippen molar-refractivity contribution in [1.82, 2.24) is 14.8 Å². The quantitative estimate of drug-likeness (QED) is 0.628. The number of fused-ring (bicyclic) bond motifs is 1. The first-order chi connectivity index (χ1) is 14.9. The Morgan fingerprint density at radius 3 is 2.61 bits per heavy atom. The highest BCUT2D eigenvalue weighted by Crippen LogP contribution is 2.30. The van der Waals surface area contributed by atoms with E-state index in [0.29, 0.717) is 31.5 Å². The minimum Gasteiger partial charge on any atom is -0.345 e. The first kappa shape index (κ1) is 21.0. The fourth-order valence-electron chi connectivity index (χ4n) is 4.11. The Balaban J connectivity index is 1.49. The Kier molecular flexibility index (Phi) is 5.98. The minimum atomic E-state index is -0.271. The monoisotopic (exact) mass is 419 g/mol. The summed E-state index contributed by atoms with van der Waals surface area (Å²) < 4.78 is 13.1. The summed E-state index contributed by atoms with van der Waals surface area (Å²) in [4.78, 5) is 33.7. The van der Waals surface area contributed by atoms with Crippen LogP contribution in [0.2, 0.25) is 0 Å². The number of hydrogen-bond donors (Lipinski definition) is 0. The van der Waals surface area contributed by atoms with Crippen LogP contribution in [0, 0.1) is 5.82 Å². The predicted molar refractivity (Wildman–Crippen MR) is 118 cm³/mol. The molecule has 0 radical (unpaired) electrons. The van der Waals surface area contributed by atoms with Gasteiger partial charge in [0.15, 0.2) is 0 Å². The second-order valence-corrected chi connectivity index (χ2v) is 8.26. The van der Waals surface area contributed by atoms with Crippen molar-refractivity contribution in [2.24, 2.45) is 0 Å². The van der Waals surface area contributed by atoms with Gasteiger partial charge in [-0.15, -0.1) is 0 Å². The molecule has 0 N–H and O–H groups in total. The van der Waals surface area contributed by atoms with E-state index in [1.54, 1.807) is 31.1 Å².